The number of hydrazone groups is 1. The van der Waals surface area contributed by atoms with Gasteiger partial charge in [-0.05, 0) is 27.6 Å². The van der Waals surface area contributed by atoms with Gasteiger partial charge in [0.25, 0.3) is 5.96 Å². The van der Waals surface area contributed by atoms with Crippen molar-refractivity contribution in [2.45, 2.75) is 0 Å². The Hall–Kier alpha value is -3.99. The van der Waals surface area contributed by atoms with E-state index in [1.54, 1.807) is 6.21 Å². The minimum atomic E-state index is 0.174. The zero-order valence-corrected chi connectivity index (χ0v) is 15.2. The number of hydrogen-bond donors (Lipinski definition) is 3. The number of nitrogens with one attached hydrogen (secondary N) is 2. The van der Waals surface area contributed by atoms with Gasteiger partial charge in [0.05, 0.1) is 6.21 Å². The number of hydrazine groups is 1. The predicted molar refractivity (Wildman–Crippen MR) is 116 cm³/mol. The van der Waals surface area contributed by atoms with Crippen LogP contribution in [0.1, 0.15) is 11.1 Å². The minimum Gasteiger partial charge on any atom is -0.364 e. The van der Waals surface area contributed by atoms with Gasteiger partial charge in [-0.3, -0.25) is 0 Å². The normalized spacial score (nSPS) is 12.4. The fraction of sp³-hybridized carbons (Fsp3) is 0. The molecule has 0 saturated heterocycles. The average Bonchev–Trinajstić information content (AvgIpc) is 2.74. The van der Waals surface area contributed by atoms with Crippen molar-refractivity contribution in [3.05, 3.63) is 96.1 Å². The molecule has 0 aliphatic heterocycles. The quantitative estimate of drug-likeness (QED) is 0.295. The third-order valence-electron chi connectivity index (χ3n) is 4.44. The third-order valence-corrected chi connectivity index (χ3v) is 4.44. The van der Waals surface area contributed by atoms with Crippen molar-refractivity contribution in [1.29, 1.82) is 0 Å². The van der Waals surface area contributed by atoms with Gasteiger partial charge in [0, 0.05) is 11.1 Å². The van der Waals surface area contributed by atoms with Gasteiger partial charge in [-0.15, -0.1) is 15.6 Å². The lowest BCUT2D eigenvalue weighted by Crippen LogP contribution is -2.82. The summed E-state index contributed by atoms with van der Waals surface area (Å²) in [6.45, 7) is 0. The van der Waals surface area contributed by atoms with E-state index >= 15 is 0 Å². The third kappa shape index (κ3) is 3.88. The lowest BCUT2D eigenvalue weighted by Gasteiger charge is -2.00. The van der Waals surface area contributed by atoms with E-state index in [1.165, 1.54) is 5.39 Å². The zero-order valence-electron chi connectivity index (χ0n) is 15.2. The van der Waals surface area contributed by atoms with Crippen LogP contribution < -0.4 is 16.3 Å². The first-order valence-corrected chi connectivity index (χ1v) is 8.98. The van der Waals surface area contributed by atoms with Crippen LogP contribution in [0, 0.1) is 0 Å². The summed E-state index contributed by atoms with van der Waals surface area (Å²) < 4.78 is 0. The smallest absolute Gasteiger partial charge is 0.269 e. The Morgan fingerprint density at radius 1 is 0.750 bits per heavy atom. The molecule has 0 fully saturated rings. The van der Waals surface area contributed by atoms with Crippen LogP contribution in [0.4, 0.5) is 0 Å². The second kappa shape index (κ2) is 8.14. The molecule has 136 valence electrons. The number of nitrogens with zero attached hydrogens (tertiary/aromatic N) is 2. The SMILES string of the molecule is NC(=N/N=C\c1cccc2ccccc12)N/[NH+]=C\c1cccc2ccccc12. The molecule has 4 aromatic rings. The Morgan fingerprint density at radius 3 is 2.04 bits per heavy atom. The second-order valence-corrected chi connectivity index (χ2v) is 6.28. The van der Waals surface area contributed by atoms with E-state index in [1.807, 2.05) is 54.7 Å². The molecule has 0 atom stereocenters. The van der Waals surface area contributed by atoms with Crippen molar-refractivity contribution in [3.8, 4) is 0 Å². The first-order valence-electron chi connectivity index (χ1n) is 8.98. The largest absolute Gasteiger partial charge is 0.364 e. The molecular weight excluding hydrogens is 346 g/mol. The molecular formula is C23H20N5+. The van der Waals surface area contributed by atoms with Crippen LogP contribution in [-0.4, -0.2) is 18.4 Å². The Balaban J connectivity index is 1.46. The summed E-state index contributed by atoms with van der Waals surface area (Å²) in [5, 5.41) is 15.7. The van der Waals surface area contributed by atoms with Crippen molar-refractivity contribution in [1.82, 2.24) is 5.43 Å². The van der Waals surface area contributed by atoms with E-state index in [0.717, 1.165) is 27.3 Å². The van der Waals surface area contributed by atoms with Gasteiger partial charge < -0.3 is 5.73 Å². The van der Waals surface area contributed by atoms with Crippen LogP contribution in [0.5, 0.6) is 0 Å². The Kier molecular flexibility index (Phi) is 5.06. The Bertz CT molecular complexity index is 1200. The molecule has 0 unspecified atom stereocenters. The van der Waals surface area contributed by atoms with E-state index < -0.39 is 0 Å². The fourth-order valence-corrected chi connectivity index (χ4v) is 3.11. The molecule has 28 heavy (non-hydrogen) atoms. The standard InChI is InChI=1S/C23H19N5/c24-23(27-25-15-19-11-5-9-17-7-1-3-13-21(17)19)28-26-16-20-12-6-10-18-8-2-4-14-22(18)20/h1-16H,(H3,24,27,28)/p+1/b25-15-,26-16-. The summed E-state index contributed by atoms with van der Waals surface area (Å²) in [6, 6.07) is 28.5. The molecule has 0 aromatic heterocycles. The second-order valence-electron chi connectivity index (χ2n) is 6.28. The highest BCUT2D eigenvalue weighted by molar-refractivity contribution is 6.00. The number of nitrogens with two attached hydrogens (primary N) is 1. The average molecular weight is 366 g/mol. The molecule has 0 heterocycles. The highest BCUT2D eigenvalue weighted by atomic mass is 15.4. The molecule has 4 aromatic carbocycles. The summed E-state index contributed by atoms with van der Waals surface area (Å²) in [4.78, 5) is 0. The van der Waals surface area contributed by atoms with E-state index in [9.17, 15) is 0 Å². The van der Waals surface area contributed by atoms with Crippen LogP contribution in [0.3, 0.4) is 0 Å². The van der Waals surface area contributed by atoms with Gasteiger partial charge in [-0.1, -0.05) is 78.9 Å². The fourth-order valence-electron chi connectivity index (χ4n) is 3.11. The maximum absolute atomic E-state index is 5.87. The number of benzene rings is 4. The van der Waals surface area contributed by atoms with E-state index in [2.05, 4.69) is 57.1 Å². The molecule has 0 bridgehead atoms. The van der Waals surface area contributed by atoms with Crippen LogP contribution in [0.2, 0.25) is 0 Å². The summed E-state index contributed by atoms with van der Waals surface area (Å²) in [5.41, 5.74) is 10.7. The molecule has 0 radical (unpaired) electrons. The highest BCUT2D eigenvalue weighted by Gasteiger charge is 2.00. The Morgan fingerprint density at radius 2 is 1.32 bits per heavy atom. The lowest BCUT2D eigenvalue weighted by atomic mass is 10.1. The topological polar surface area (TPSA) is 76.7 Å². The monoisotopic (exact) mass is 366 g/mol. The summed E-state index contributed by atoms with van der Waals surface area (Å²) in [5.74, 6) is 0.174. The zero-order chi connectivity index (χ0) is 19.2. The minimum absolute atomic E-state index is 0.174. The van der Waals surface area contributed by atoms with Gasteiger partial charge >= 0.3 is 0 Å². The summed E-state index contributed by atoms with van der Waals surface area (Å²) >= 11 is 0. The predicted octanol–water partition coefficient (Wildman–Crippen LogP) is 2.35. The van der Waals surface area contributed by atoms with E-state index in [0.29, 0.717) is 0 Å². The first kappa shape index (κ1) is 17.4. The lowest BCUT2D eigenvalue weighted by molar-refractivity contribution is -0.500. The number of rotatable bonds is 4. The molecule has 0 amide bonds. The van der Waals surface area contributed by atoms with Gasteiger partial charge in [0.1, 0.15) is 0 Å². The summed E-state index contributed by atoms with van der Waals surface area (Å²) in [7, 11) is 0. The van der Waals surface area contributed by atoms with Crippen molar-refractivity contribution in [2.75, 3.05) is 0 Å². The van der Waals surface area contributed by atoms with Crippen molar-refractivity contribution >= 4 is 39.9 Å². The van der Waals surface area contributed by atoms with Crippen molar-refractivity contribution < 1.29 is 5.10 Å². The van der Waals surface area contributed by atoms with Gasteiger partial charge in [0.15, 0.2) is 6.21 Å². The van der Waals surface area contributed by atoms with Crippen molar-refractivity contribution in [2.24, 2.45) is 15.9 Å². The molecule has 4 rings (SSSR count). The van der Waals surface area contributed by atoms with Crippen LogP contribution in [-0.2, 0) is 0 Å². The number of hydrogen-bond acceptors (Lipinski definition) is 2. The maximum atomic E-state index is 5.87. The Labute approximate surface area is 162 Å². The van der Waals surface area contributed by atoms with Crippen molar-refractivity contribution in [3.63, 3.8) is 0 Å². The van der Waals surface area contributed by atoms with Crippen LogP contribution >= 0.6 is 0 Å². The van der Waals surface area contributed by atoms with Gasteiger partial charge in [-0.25, -0.2) is 0 Å². The molecule has 0 saturated carbocycles. The highest BCUT2D eigenvalue weighted by Crippen LogP contribution is 2.17. The maximum Gasteiger partial charge on any atom is 0.269 e. The van der Waals surface area contributed by atoms with Crippen LogP contribution in [0.25, 0.3) is 21.5 Å². The van der Waals surface area contributed by atoms with Gasteiger partial charge in [0.2, 0.25) is 0 Å². The van der Waals surface area contributed by atoms with E-state index in [4.69, 9.17) is 5.73 Å². The molecule has 0 aliphatic rings. The molecule has 0 spiro atoms. The molecule has 4 N–H and O–H groups in total. The van der Waals surface area contributed by atoms with Crippen LogP contribution in [0.15, 0.2) is 95.1 Å². The number of fused-ring (bicyclic) bond motifs is 2. The molecule has 5 nitrogen and oxygen atoms in total. The summed E-state index contributed by atoms with van der Waals surface area (Å²) in [6.07, 6.45) is 3.55. The number of guanidine groups is 1. The molecule has 0 aliphatic carbocycles. The van der Waals surface area contributed by atoms with Gasteiger partial charge in [-0.2, -0.15) is 5.10 Å². The first-order chi connectivity index (χ1) is 13.8. The van der Waals surface area contributed by atoms with E-state index in [-0.39, 0.29) is 5.96 Å². The molecule has 5 heteroatoms.